The second-order valence-electron chi connectivity index (χ2n) is 4.44. The van der Waals surface area contributed by atoms with E-state index in [4.69, 9.17) is 16.3 Å². The number of amides is 1. The molecule has 1 amide bonds. The normalized spacial score (nSPS) is 9.96. The van der Waals surface area contributed by atoms with Crippen molar-refractivity contribution in [1.29, 1.82) is 0 Å². The number of nitrogens with zero attached hydrogens (tertiary/aromatic N) is 1. The van der Waals surface area contributed by atoms with Gasteiger partial charge in [-0.1, -0.05) is 11.6 Å². The third-order valence-corrected chi connectivity index (χ3v) is 3.03. The van der Waals surface area contributed by atoms with E-state index in [0.717, 1.165) is 0 Å². The molecule has 23 heavy (non-hydrogen) atoms. The number of nitrogens with one attached hydrogen (secondary N) is 1. The van der Waals surface area contributed by atoms with Crippen LogP contribution < -0.4 is 5.32 Å². The summed E-state index contributed by atoms with van der Waals surface area (Å²) in [6.45, 7) is -0.474. The number of ether oxygens (including phenoxy) is 1. The second kappa shape index (κ2) is 7.37. The van der Waals surface area contributed by atoms with Crippen molar-refractivity contribution in [3.8, 4) is 0 Å². The molecule has 7 nitrogen and oxygen atoms in total. The number of nitro groups is 1. The highest BCUT2D eigenvalue weighted by Crippen LogP contribution is 2.14. The predicted molar refractivity (Wildman–Crippen MR) is 83.5 cm³/mol. The largest absolute Gasteiger partial charge is 0.452 e. The molecule has 0 unspecified atom stereocenters. The average Bonchev–Trinajstić information content (AvgIpc) is 2.55. The Morgan fingerprint density at radius 2 is 1.70 bits per heavy atom. The van der Waals surface area contributed by atoms with Crippen LogP contribution in [-0.2, 0) is 9.53 Å². The molecule has 0 radical (unpaired) electrons. The van der Waals surface area contributed by atoms with E-state index in [2.05, 4.69) is 5.32 Å². The summed E-state index contributed by atoms with van der Waals surface area (Å²) in [6.07, 6.45) is 0. The summed E-state index contributed by atoms with van der Waals surface area (Å²) in [5.74, 6) is -1.26. The Bertz CT molecular complexity index is 729. The number of esters is 1. The van der Waals surface area contributed by atoms with Gasteiger partial charge < -0.3 is 10.1 Å². The summed E-state index contributed by atoms with van der Waals surface area (Å²) < 4.78 is 4.84. The lowest BCUT2D eigenvalue weighted by Gasteiger charge is -2.06. The first-order chi connectivity index (χ1) is 11.0. The Hall–Kier alpha value is -2.93. The summed E-state index contributed by atoms with van der Waals surface area (Å²) >= 11 is 5.73. The molecule has 0 spiro atoms. The molecule has 0 saturated heterocycles. The zero-order valence-corrected chi connectivity index (χ0v) is 12.4. The Morgan fingerprint density at radius 3 is 2.26 bits per heavy atom. The molecule has 0 fully saturated rings. The molecule has 2 aromatic carbocycles. The molecule has 0 bridgehead atoms. The van der Waals surface area contributed by atoms with Gasteiger partial charge in [0.05, 0.1) is 10.5 Å². The zero-order valence-electron chi connectivity index (χ0n) is 11.7. The molecule has 0 heterocycles. The molecule has 0 atom stereocenters. The van der Waals surface area contributed by atoms with Gasteiger partial charge in [0.2, 0.25) is 0 Å². The van der Waals surface area contributed by atoms with Gasteiger partial charge in [-0.3, -0.25) is 14.9 Å². The number of non-ortho nitro benzene ring substituents is 1. The molecular weight excluding hydrogens is 324 g/mol. The fourth-order valence-electron chi connectivity index (χ4n) is 1.66. The Morgan fingerprint density at radius 1 is 1.09 bits per heavy atom. The number of carbonyl (C=O) groups is 2. The first kappa shape index (κ1) is 16.4. The van der Waals surface area contributed by atoms with Gasteiger partial charge in [0, 0.05) is 22.8 Å². The van der Waals surface area contributed by atoms with E-state index in [0.29, 0.717) is 10.7 Å². The van der Waals surface area contributed by atoms with E-state index in [-0.39, 0.29) is 11.3 Å². The number of halogens is 1. The summed E-state index contributed by atoms with van der Waals surface area (Å²) in [7, 11) is 0. The lowest BCUT2D eigenvalue weighted by Crippen LogP contribution is -2.20. The predicted octanol–water partition coefficient (Wildman–Crippen LogP) is 3.04. The Labute approximate surface area is 136 Å². The maximum atomic E-state index is 11.7. The summed E-state index contributed by atoms with van der Waals surface area (Å²) in [5.41, 5.74) is 0.503. The minimum Gasteiger partial charge on any atom is -0.452 e. The van der Waals surface area contributed by atoms with Crippen molar-refractivity contribution in [3.05, 3.63) is 69.2 Å². The van der Waals surface area contributed by atoms with Crippen molar-refractivity contribution in [1.82, 2.24) is 0 Å². The molecular formula is C15H11ClN2O5. The van der Waals surface area contributed by atoms with E-state index in [9.17, 15) is 19.7 Å². The fraction of sp³-hybridized carbons (Fsp3) is 0.0667. The van der Waals surface area contributed by atoms with Crippen LogP contribution in [-0.4, -0.2) is 23.4 Å². The summed E-state index contributed by atoms with van der Waals surface area (Å²) in [4.78, 5) is 33.3. The lowest BCUT2D eigenvalue weighted by molar-refractivity contribution is -0.384. The third kappa shape index (κ3) is 4.79. The minimum absolute atomic E-state index is 0.120. The van der Waals surface area contributed by atoms with E-state index in [1.807, 2.05) is 0 Å². The topological polar surface area (TPSA) is 98.5 Å². The Balaban J connectivity index is 1.87. The molecule has 2 aromatic rings. The van der Waals surface area contributed by atoms with Crippen LogP contribution in [0.25, 0.3) is 0 Å². The number of anilines is 1. The van der Waals surface area contributed by atoms with Crippen LogP contribution in [0.5, 0.6) is 0 Å². The number of nitro benzene ring substituents is 1. The van der Waals surface area contributed by atoms with Crippen molar-refractivity contribution in [2.45, 2.75) is 0 Å². The van der Waals surface area contributed by atoms with Crippen molar-refractivity contribution < 1.29 is 19.2 Å². The summed E-state index contributed by atoms with van der Waals surface area (Å²) in [6, 6.07) is 11.3. The first-order valence-corrected chi connectivity index (χ1v) is 6.80. The Kier molecular flexibility index (Phi) is 5.27. The van der Waals surface area contributed by atoms with E-state index in [1.54, 1.807) is 24.3 Å². The number of hydrogen-bond acceptors (Lipinski definition) is 5. The molecule has 2 rings (SSSR count). The highest BCUT2D eigenvalue weighted by atomic mass is 35.5. The quantitative estimate of drug-likeness (QED) is 0.514. The molecule has 0 aliphatic carbocycles. The summed E-state index contributed by atoms with van der Waals surface area (Å²) in [5, 5.41) is 13.6. The number of carbonyl (C=O) groups excluding carboxylic acids is 2. The minimum atomic E-state index is -0.744. The number of benzene rings is 2. The van der Waals surface area contributed by atoms with Gasteiger partial charge in [-0.25, -0.2) is 4.79 Å². The molecule has 0 aromatic heterocycles. The molecule has 0 saturated carbocycles. The van der Waals surface area contributed by atoms with Crippen molar-refractivity contribution in [3.63, 3.8) is 0 Å². The average molecular weight is 335 g/mol. The standard InChI is InChI=1S/C15H11ClN2O5/c16-11-3-5-12(6-4-11)17-14(19)9-23-15(20)10-1-7-13(8-2-10)18(21)22/h1-8H,9H2,(H,17,19). The van der Waals surface area contributed by atoms with Crippen molar-refractivity contribution >= 4 is 34.9 Å². The van der Waals surface area contributed by atoms with Crippen LogP contribution in [0.1, 0.15) is 10.4 Å². The van der Waals surface area contributed by atoms with Crippen molar-refractivity contribution in [2.75, 3.05) is 11.9 Å². The molecule has 1 N–H and O–H groups in total. The van der Waals surface area contributed by atoms with E-state index < -0.39 is 23.4 Å². The van der Waals surface area contributed by atoms with E-state index >= 15 is 0 Å². The number of rotatable bonds is 5. The van der Waals surface area contributed by atoms with Crippen LogP contribution in [0.2, 0.25) is 5.02 Å². The van der Waals surface area contributed by atoms with Gasteiger partial charge in [0.25, 0.3) is 11.6 Å². The smallest absolute Gasteiger partial charge is 0.338 e. The van der Waals surface area contributed by atoms with Crippen LogP contribution in [0.4, 0.5) is 11.4 Å². The highest BCUT2D eigenvalue weighted by molar-refractivity contribution is 6.30. The second-order valence-corrected chi connectivity index (χ2v) is 4.87. The van der Waals surface area contributed by atoms with Gasteiger partial charge in [0.15, 0.2) is 6.61 Å². The first-order valence-electron chi connectivity index (χ1n) is 6.43. The third-order valence-electron chi connectivity index (χ3n) is 2.78. The monoisotopic (exact) mass is 334 g/mol. The highest BCUT2D eigenvalue weighted by Gasteiger charge is 2.12. The lowest BCUT2D eigenvalue weighted by atomic mass is 10.2. The SMILES string of the molecule is O=C(COC(=O)c1ccc([N+](=O)[O-])cc1)Nc1ccc(Cl)cc1. The van der Waals surface area contributed by atoms with Gasteiger partial charge in [0.1, 0.15) is 0 Å². The molecule has 0 aliphatic heterocycles. The number of hydrogen-bond donors (Lipinski definition) is 1. The zero-order chi connectivity index (χ0) is 16.8. The van der Waals surface area contributed by atoms with Gasteiger partial charge >= 0.3 is 5.97 Å². The molecule has 118 valence electrons. The fourth-order valence-corrected chi connectivity index (χ4v) is 1.79. The van der Waals surface area contributed by atoms with Gasteiger partial charge in [-0.05, 0) is 36.4 Å². The van der Waals surface area contributed by atoms with Crippen molar-refractivity contribution in [2.24, 2.45) is 0 Å². The van der Waals surface area contributed by atoms with Crippen LogP contribution in [0.3, 0.4) is 0 Å². The van der Waals surface area contributed by atoms with E-state index in [1.165, 1.54) is 24.3 Å². The van der Waals surface area contributed by atoms with Crippen LogP contribution >= 0.6 is 11.6 Å². The van der Waals surface area contributed by atoms with Gasteiger partial charge in [-0.2, -0.15) is 0 Å². The maximum Gasteiger partial charge on any atom is 0.338 e. The van der Waals surface area contributed by atoms with Gasteiger partial charge in [-0.15, -0.1) is 0 Å². The maximum absolute atomic E-state index is 11.7. The molecule has 8 heteroatoms. The molecule has 0 aliphatic rings. The van der Waals surface area contributed by atoms with Crippen LogP contribution in [0, 0.1) is 10.1 Å². The van der Waals surface area contributed by atoms with Crippen LogP contribution in [0.15, 0.2) is 48.5 Å².